The van der Waals surface area contributed by atoms with Crippen molar-refractivity contribution >= 4 is 11.6 Å². The lowest BCUT2D eigenvalue weighted by Crippen LogP contribution is -2.53. The van der Waals surface area contributed by atoms with Gasteiger partial charge in [0.25, 0.3) is 0 Å². The molecule has 0 saturated heterocycles. The summed E-state index contributed by atoms with van der Waals surface area (Å²) in [6.45, 7) is 11.2. The fraction of sp³-hybridized carbons (Fsp3) is 0.647. The molecule has 0 fully saturated rings. The van der Waals surface area contributed by atoms with Crippen LogP contribution in [0.15, 0.2) is 24.3 Å². The van der Waals surface area contributed by atoms with Crippen molar-refractivity contribution in [3.8, 4) is 0 Å². The van der Waals surface area contributed by atoms with Crippen LogP contribution in [0.1, 0.15) is 52.6 Å². The lowest BCUT2D eigenvalue weighted by atomic mass is 9.80. The molecule has 3 unspecified atom stereocenters. The maximum absolute atomic E-state index is 6.38. The van der Waals surface area contributed by atoms with Crippen LogP contribution in [0.2, 0.25) is 5.02 Å². The van der Waals surface area contributed by atoms with Gasteiger partial charge in [-0.1, -0.05) is 51.4 Å². The van der Waals surface area contributed by atoms with E-state index in [0.29, 0.717) is 12.1 Å². The van der Waals surface area contributed by atoms with Crippen molar-refractivity contribution in [2.75, 3.05) is 7.05 Å². The Hall–Kier alpha value is -0.570. The van der Waals surface area contributed by atoms with E-state index in [0.717, 1.165) is 11.4 Å². The summed E-state index contributed by atoms with van der Waals surface area (Å²) in [4.78, 5) is 2.40. The molecule has 0 heterocycles. The third-order valence-corrected chi connectivity index (χ3v) is 4.42. The molecule has 0 aromatic heterocycles. The number of benzene rings is 1. The minimum absolute atomic E-state index is 0.144. The zero-order chi connectivity index (χ0) is 15.5. The molecule has 0 aliphatic carbocycles. The van der Waals surface area contributed by atoms with Gasteiger partial charge in [0.1, 0.15) is 0 Å². The van der Waals surface area contributed by atoms with E-state index in [1.807, 2.05) is 12.1 Å². The van der Waals surface area contributed by atoms with E-state index in [2.05, 4.69) is 58.7 Å². The Morgan fingerprint density at radius 1 is 1.20 bits per heavy atom. The fourth-order valence-electron chi connectivity index (χ4n) is 3.00. The molecule has 0 bridgehead atoms. The first kappa shape index (κ1) is 17.5. The Labute approximate surface area is 129 Å². The van der Waals surface area contributed by atoms with Crippen LogP contribution in [0.4, 0.5) is 0 Å². The molecule has 0 saturated carbocycles. The summed E-state index contributed by atoms with van der Waals surface area (Å²) in [5, 5.41) is 0.779. The van der Waals surface area contributed by atoms with Crippen molar-refractivity contribution in [1.29, 1.82) is 0 Å². The molecule has 20 heavy (non-hydrogen) atoms. The van der Waals surface area contributed by atoms with Gasteiger partial charge in [0, 0.05) is 23.1 Å². The molecule has 1 aromatic carbocycles. The monoisotopic (exact) mass is 296 g/mol. The lowest BCUT2D eigenvalue weighted by Gasteiger charge is -2.44. The molecular formula is C17H29ClN2. The summed E-state index contributed by atoms with van der Waals surface area (Å²) in [6, 6.07) is 8.92. The van der Waals surface area contributed by atoms with Crippen LogP contribution in [-0.2, 0) is 0 Å². The summed E-state index contributed by atoms with van der Waals surface area (Å²) in [6.07, 6.45) is 0.986. The van der Waals surface area contributed by atoms with E-state index < -0.39 is 0 Å². The summed E-state index contributed by atoms with van der Waals surface area (Å²) in [5.74, 6) is 0. The first-order chi connectivity index (χ1) is 9.18. The van der Waals surface area contributed by atoms with Crippen LogP contribution in [-0.4, -0.2) is 24.0 Å². The molecule has 0 spiro atoms. The first-order valence-electron chi connectivity index (χ1n) is 7.41. The number of halogens is 1. The number of nitrogens with zero attached hydrogens (tertiary/aromatic N) is 1. The third-order valence-electron chi connectivity index (χ3n) is 4.17. The van der Waals surface area contributed by atoms with Gasteiger partial charge in [0.2, 0.25) is 0 Å². The predicted molar refractivity (Wildman–Crippen MR) is 89.1 cm³/mol. The zero-order valence-corrected chi connectivity index (χ0v) is 14.4. The van der Waals surface area contributed by atoms with Gasteiger partial charge < -0.3 is 5.73 Å². The molecule has 0 radical (unpaired) electrons. The molecule has 2 nitrogen and oxygen atoms in total. The van der Waals surface area contributed by atoms with Gasteiger partial charge in [-0.05, 0) is 43.5 Å². The Morgan fingerprint density at radius 3 is 2.10 bits per heavy atom. The standard InChI is InChI=1S/C17H29ClN2/c1-7-15(19)16(17(3,4)5)20(6)12(2)13-8-10-14(18)11-9-13/h8-12,15-16H,7,19H2,1-6H3. The fourth-order valence-corrected chi connectivity index (χ4v) is 3.12. The maximum Gasteiger partial charge on any atom is 0.0406 e. The maximum atomic E-state index is 6.38. The van der Waals surface area contributed by atoms with Crippen molar-refractivity contribution in [1.82, 2.24) is 4.90 Å². The third kappa shape index (κ3) is 4.21. The molecule has 0 aliphatic rings. The lowest BCUT2D eigenvalue weighted by molar-refractivity contribution is 0.0688. The second kappa shape index (κ2) is 6.93. The van der Waals surface area contributed by atoms with E-state index in [4.69, 9.17) is 17.3 Å². The van der Waals surface area contributed by atoms with Crippen LogP contribution < -0.4 is 5.73 Å². The van der Waals surface area contributed by atoms with Crippen LogP contribution >= 0.6 is 11.6 Å². The Bertz CT molecular complexity index is 408. The minimum Gasteiger partial charge on any atom is -0.326 e. The van der Waals surface area contributed by atoms with Crippen LogP contribution in [0, 0.1) is 5.41 Å². The number of hydrogen-bond donors (Lipinski definition) is 1. The highest BCUT2D eigenvalue weighted by Gasteiger charge is 2.34. The average molecular weight is 297 g/mol. The van der Waals surface area contributed by atoms with Crippen molar-refractivity contribution in [2.24, 2.45) is 11.1 Å². The van der Waals surface area contributed by atoms with E-state index in [1.54, 1.807) is 0 Å². The number of likely N-dealkylation sites (N-methyl/N-ethyl adjacent to an activating group) is 1. The second-order valence-electron chi connectivity index (χ2n) is 6.78. The smallest absolute Gasteiger partial charge is 0.0406 e. The van der Waals surface area contributed by atoms with E-state index in [9.17, 15) is 0 Å². The Morgan fingerprint density at radius 2 is 1.70 bits per heavy atom. The molecule has 3 atom stereocenters. The summed E-state index contributed by atoms with van der Waals surface area (Å²) in [7, 11) is 2.17. The van der Waals surface area contributed by atoms with Gasteiger partial charge >= 0.3 is 0 Å². The van der Waals surface area contributed by atoms with Gasteiger partial charge in [-0.3, -0.25) is 4.90 Å². The number of rotatable bonds is 5. The van der Waals surface area contributed by atoms with Crippen molar-refractivity contribution in [2.45, 2.75) is 59.2 Å². The van der Waals surface area contributed by atoms with Gasteiger partial charge in [0.05, 0.1) is 0 Å². The molecule has 1 aromatic rings. The van der Waals surface area contributed by atoms with Crippen molar-refractivity contribution in [3.05, 3.63) is 34.9 Å². The Kier molecular flexibility index (Phi) is 6.06. The molecule has 3 heteroatoms. The van der Waals surface area contributed by atoms with Gasteiger partial charge in [0.15, 0.2) is 0 Å². The van der Waals surface area contributed by atoms with Crippen LogP contribution in [0.25, 0.3) is 0 Å². The highest BCUT2D eigenvalue weighted by atomic mass is 35.5. The van der Waals surface area contributed by atoms with Gasteiger partial charge in [-0.2, -0.15) is 0 Å². The Balaban J connectivity index is 2.99. The van der Waals surface area contributed by atoms with E-state index in [1.165, 1.54) is 5.56 Å². The van der Waals surface area contributed by atoms with Crippen molar-refractivity contribution < 1.29 is 0 Å². The van der Waals surface area contributed by atoms with Crippen LogP contribution in [0.3, 0.4) is 0 Å². The molecule has 114 valence electrons. The highest BCUT2D eigenvalue weighted by Crippen LogP contribution is 2.32. The van der Waals surface area contributed by atoms with E-state index in [-0.39, 0.29) is 11.5 Å². The molecule has 0 aliphatic heterocycles. The number of hydrogen-bond acceptors (Lipinski definition) is 2. The highest BCUT2D eigenvalue weighted by molar-refractivity contribution is 6.30. The topological polar surface area (TPSA) is 29.3 Å². The molecular weight excluding hydrogens is 268 g/mol. The second-order valence-corrected chi connectivity index (χ2v) is 7.21. The largest absolute Gasteiger partial charge is 0.326 e. The van der Waals surface area contributed by atoms with E-state index >= 15 is 0 Å². The molecule has 2 N–H and O–H groups in total. The summed E-state index contributed by atoms with van der Waals surface area (Å²) in [5.41, 5.74) is 7.80. The van der Waals surface area contributed by atoms with Crippen molar-refractivity contribution in [3.63, 3.8) is 0 Å². The molecule has 0 amide bonds. The SMILES string of the molecule is CCC(N)C(N(C)C(C)c1ccc(Cl)cc1)C(C)(C)C. The van der Waals surface area contributed by atoms with Gasteiger partial charge in [-0.25, -0.2) is 0 Å². The quantitative estimate of drug-likeness (QED) is 0.868. The van der Waals surface area contributed by atoms with Gasteiger partial charge in [-0.15, -0.1) is 0 Å². The minimum atomic E-state index is 0.144. The number of nitrogens with two attached hydrogens (primary N) is 1. The normalized spacial score (nSPS) is 17.1. The zero-order valence-electron chi connectivity index (χ0n) is 13.7. The predicted octanol–water partition coefficient (Wildman–Crippen LogP) is 4.48. The molecule has 1 rings (SSSR count). The summed E-state index contributed by atoms with van der Waals surface area (Å²) >= 11 is 5.97. The average Bonchev–Trinajstić information content (AvgIpc) is 2.37. The summed E-state index contributed by atoms with van der Waals surface area (Å²) < 4.78 is 0. The van der Waals surface area contributed by atoms with Crippen LogP contribution in [0.5, 0.6) is 0 Å². The first-order valence-corrected chi connectivity index (χ1v) is 7.79.